The van der Waals surface area contributed by atoms with E-state index in [0.717, 1.165) is 28.6 Å². The molecule has 19 heavy (non-hydrogen) atoms. The van der Waals surface area contributed by atoms with Crippen LogP contribution < -0.4 is 0 Å². The second-order valence-electron chi connectivity index (χ2n) is 4.15. The number of aldehydes is 1. The molecule has 0 atom stereocenters. The largest absolute Gasteiger partial charge is 0.299 e. The highest BCUT2D eigenvalue weighted by atomic mass is 16.1. The second kappa shape index (κ2) is 4.90. The Balaban J connectivity index is 2.29. The normalized spacial score (nSPS) is 11.2. The highest BCUT2D eigenvalue weighted by Crippen LogP contribution is 2.26. The number of rotatable bonds is 3. The first-order valence-electron chi connectivity index (χ1n) is 6.05. The second-order valence-corrected chi connectivity index (χ2v) is 4.15. The van der Waals surface area contributed by atoms with E-state index in [1.54, 1.807) is 6.08 Å². The molecule has 0 unspecified atom stereocenters. The van der Waals surface area contributed by atoms with Gasteiger partial charge in [0, 0.05) is 17.3 Å². The van der Waals surface area contributed by atoms with E-state index in [4.69, 9.17) is 0 Å². The van der Waals surface area contributed by atoms with Gasteiger partial charge >= 0.3 is 0 Å². The van der Waals surface area contributed by atoms with Crippen molar-refractivity contribution in [3.8, 4) is 11.3 Å². The number of carbonyl (C=O) groups excluding carboxylic acids is 1. The molecule has 2 heterocycles. The first kappa shape index (κ1) is 11.4. The Labute approximate surface area is 110 Å². The van der Waals surface area contributed by atoms with Crippen molar-refractivity contribution in [3.63, 3.8) is 0 Å². The van der Waals surface area contributed by atoms with Gasteiger partial charge in [0.1, 0.15) is 12.0 Å². The minimum atomic E-state index is 0.779. The van der Waals surface area contributed by atoms with Crippen molar-refractivity contribution in [2.75, 3.05) is 0 Å². The summed E-state index contributed by atoms with van der Waals surface area (Å²) in [6, 6.07) is 15.8. The third-order valence-electron chi connectivity index (χ3n) is 2.97. The number of aromatic nitrogens is 2. The standard InChI is InChI=1S/C16H12N2O/c19-12-6-9-14-15-10-4-5-11-18(15)17-16(14)13-7-2-1-3-8-13/h1-12H/b9-6+. The Kier molecular flexibility index (Phi) is 2.94. The Morgan fingerprint density at radius 2 is 1.79 bits per heavy atom. The minimum Gasteiger partial charge on any atom is -0.299 e. The molecule has 0 amide bonds. The van der Waals surface area contributed by atoms with Crippen LogP contribution in [0.15, 0.2) is 60.8 Å². The van der Waals surface area contributed by atoms with Gasteiger partial charge in [0.15, 0.2) is 0 Å². The van der Waals surface area contributed by atoms with Crippen molar-refractivity contribution in [1.82, 2.24) is 9.61 Å². The maximum atomic E-state index is 10.6. The molecule has 3 heteroatoms. The molecule has 0 spiro atoms. The molecule has 0 bridgehead atoms. The van der Waals surface area contributed by atoms with Crippen LogP contribution in [-0.2, 0) is 4.79 Å². The van der Waals surface area contributed by atoms with E-state index in [1.165, 1.54) is 6.08 Å². The zero-order chi connectivity index (χ0) is 13.1. The lowest BCUT2D eigenvalue weighted by atomic mass is 10.1. The topological polar surface area (TPSA) is 34.4 Å². The number of pyridine rings is 1. The van der Waals surface area contributed by atoms with Crippen LogP contribution >= 0.6 is 0 Å². The van der Waals surface area contributed by atoms with E-state index in [0.29, 0.717) is 0 Å². The van der Waals surface area contributed by atoms with Crippen molar-refractivity contribution in [3.05, 3.63) is 66.4 Å². The Morgan fingerprint density at radius 3 is 2.58 bits per heavy atom. The van der Waals surface area contributed by atoms with E-state index in [-0.39, 0.29) is 0 Å². The lowest BCUT2D eigenvalue weighted by Gasteiger charge is -1.97. The van der Waals surface area contributed by atoms with Gasteiger partial charge in [-0.25, -0.2) is 4.52 Å². The summed E-state index contributed by atoms with van der Waals surface area (Å²) in [6.45, 7) is 0. The SMILES string of the molecule is O=C/C=C/c1c(-c2ccccc2)nn2ccccc12. The van der Waals surface area contributed by atoms with Crippen LogP contribution in [0.1, 0.15) is 5.56 Å². The van der Waals surface area contributed by atoms with Crippen molar-refractivity contribution < 1.29 is 4.79 Å². The van der Waals surface area contributed by atoms with Crippen LogP contribution in [0.2, 0.25) is 0 Å². The van der Waals surface area contributed by atoms with Crippen LogP contribution in [0.25, 0.3) is 22.9 Å². The average molecular weight is 248 g/mol. The van der Waals surface area contributed by atoms with Crippen molar-refractivity contribution in [1.29, 1.82) is 0 Å². The summed E-state index contributed by atoms with van der Waals surface area (Å²) in [6.07, 6.45) is 5.98. The van der Waals surface area contributed by atoms with Crippen LogP contribution in [0.3, 0.4) is 0 Å². The monoisotopic (exact) mass is 248 g/mol. The number of fused-ring (bicyclic) bond motifs is 1. The Hall–Kier alpha value is -2.68. The Bertz CT molecular complexity index is 742. The van der Waals surface area contributed by atoms with E-state index in [1.807, 2.05) is 59.2 Å². The molecule has 0 saturated heterocycles. The smallest absolute Gasteiger partial charge is 0.142 e. The van der Waals surface area contributed by atoms with E-state index < -0.39 is 0 Å². The predicted molar refractivity (Wildman–Crippen MR) is 75.7 cm³/mol. The maximum absolute atomic E-state index is 10.6. The first-order chi connectivity index (χ1) is 9.40. The van der Waals surface area contributed by atoms with Gasteiger partial charge < -0.3 is 0 Å². The molecule has 0 aliphatic rings. The molecule has 3 aromatic rings. The zero-order valence-electron chi connectivity index (χ0n) is 10.2. The van der Waals surface area contributed by atoms with E-state index in [9.17, 15) is 4.79 Å². The highest BCUT2D eigenvalue weighted by Gasteiger charge is 2.11. The molecule has 1 aromatic carbocycles. The number of hydrogen-bond donors (Lipinski definition) is 0. The number of nitrogens with zero attached hydrogens (tertiary/aromatic N) is 2. The average Bonchev–Trinajstić information content (AvgIpc) is 2.85. The van der Waals surface area contributed by atoms with Crippen LogP contribution in [0.5, 0.6) is 0 Å². The van der Waals surface area contributed by atoms with E-state index >= 15 is 0 Å². The molecular weight excluding hydrogens is 236 g/mol. The summed E-state index contributed by atoms with van der Waals surface area (Å²) >= 11 is 0. The quantitative estimate of drug-likeness (QED) is 0.527. The minimum absolute atomic E-state index is 0.779. The van der Waals surface area contributed by atoms with Gasteiger partial charge in [-0.1, -0.05) is 36.4 Å². The van der Waals surface area contributed by atoms with Crippen LogP contribution in [0.4, 0.5) is 0 Å². The van der Waals surface area contributed by atoms with Gasteiger partial charge in [0.25, 0.3) is 0 Å². The van der Waals surface area contributed by atoms with Crippen molar-refractivity contribution >= 4 is 17.9 Å². The summed E-state index contributed by atoms with van der Waals surface area (Å²) in [4.78, 5) is 10.6. The molecule has 3 rings (SSSR count). The van der Waals surface area contributed by atoms with Gasteiger partial charge in [0.05, 0.1) is 5.52 Å². The molecule has 0 saturated carbocycles. The fourth-order valence-corrected chi connectivity index (χ4v) is 2.13. The van der Waals surface area contributed by atoms with Crippen LogP contribution in [0, 0.1) is 0 Å². The molecule has 0 aliphatic heterocycles. The Morgan fingerprint density at radius 1 is 1.00 bits per heavy atom. The summed E-state index contributed by atoms with van der Waals surface area (Å²) in [5, 5.41) is 4.59. The van der Waals surface area contributed by atoms with Gasteiger partial charge in [-0.15, -0.1) is 0 Å². The number of carbonyl (C=O) groups is 1. The van der Waals surface area contributed by atoms with Gasteiger partial charge in [-0.2, -0.15) is 5.10 Å². The number of allylic oxidation sites excluding steroid dienone is 1. The van der Waals surface area contributed by atoms with Gasteiger partial charge in [0.2, 0.25) is 0 Å². The molecule has 0 radical (unpaired) electrons. The van der Waals surface area contributed by atoms with Crippen LogP contribution in [-0.4, -0.2) is 15.9 Å². The summed E-state index contributed by atoms with van der Waals surface area (Å²) in [7, 11) is 0. The molecule has 0 aliphatic carbocycles. The summed E-state index contributed by atoms with van der Waals surface area (Å²) in [5.74, 6) is 0. The molecule has 92 valence electrons. The number of benzene rings is 1. The third-order valence-corrected chi connectivity index (χ3v) is 2.97. The lowest BCUT2D eigenvalue weighted by Crippen LogP contribution is -1.84. The molecule has 0 N–H and O–H groups in total. The molecule has 2 aromatic heterocycles. The lowest BCUT2D eigenvalue weighted by molar-refractivity contribution is -0.104. The first-order valence-corrected chi connectivity index (χ1v) is 6.05. The predicted octanol–water partition coefficient (Wildman–Crippen LogP) is 3.21. The fraction of sp³-hybridized carbons (Fsp3) is 0. The molecule has 0 fully saturated rings. The third kappa shape index (κ3) is 2.06. The highest BCUT2D eigenvalue weighted by molar-refractivity contribution is 5.86. The summed E-state index contributed by atoms with van der Waals surface area (Å²) in [5.41, 5.74) is 3.86. The zero-order valence-corrected chi connectivity index (χ0v) is 10.2. The van der Waals surface area contributed by atoms with Crippen molar-refractivity contribution in [2.24, 2.45) is 0 Å². The van der Waals surface area contributed by atoms with Gasteiger partial charge in [-0.05, 0) is 24.3 Å². The number of hydrogen-bond acceptors (Lipinski definition) is 2. The van der Waals surface area contributed by atoms with E-state index in [2.05, 4.69) is 5.10 Å². The molecular formula is C16H12N2O. The van der Waals surface area contributed by atoms with Crippen molar-refractivity contribution in [2.45, 2.75) is 0 Å². The fourth-order valence-electron chi connectivity index (χ4n) is 2.13. The van der Waals surface area contributed by atoms with Gasteiger partial charge in [-0.3, -0.25) is 4.79 Å². The maximum Gasteiger partial charge on any atom is 0.142 e. The molecule has 3 nitrogen and oxygen atoms in total. The summed E-state index contributed by atoms with van der Waals surface area (Å²) < 4.78 is 1.83.